The zero-order valence-electron chi connectivity index (χ0n) is 11.4. The Balaban J connectivity index is 2.47. The maximum atomic E-state index is 12.1. The summed E-state index contributed by atoms with van der Waals surface area (Å²) in [4.78, 5) is 24.2. The molecule has 0 aliphatic heterocycles. The van der Waals surface area contributed by atoms with E-state index in [2.05, 4.69) is 0 Å². The molecule has 106 valence electrons. The van der Waals surface area contributed by atoms with Gasteiger partial charge in [-0.15, -0.1) is 11.3 Å². The van der Waals surface area contributed by atoms with Gasteiger partial charge in [-0.3, -0.25) is 9.59 Å². The van der Waals surface area contributed by atoms with Crippen LogP contribution in [0, 0.1) is 0 Å². The maximum Gasteiger partial charge on any atom is 0.324 e. The molecule has 20 heavy (non-hydrogen) atoms. The van der Waals surface area contributed by atoms with Crippen LogP contribution in [-0.4, -0.2) is 25.2 Å². The summed E-state index contributed by atoms with van der Waals surface area (Å²) in [5.74, 6) is -2.14. The highest BCUT2D eigenvalue weighted by atomic mass is 32.1. The van der Waals surface area contributed by atoms with Gasteiger partial charge in [0.2, 0.25) is 0 Å². The van der Waals surface area contributed by atoms with Crippen molar-refractivity contribution in [1.82, 2.24) is 0 Å². The quantitative estimate of drug-likeness (QED) is 0.627. The summed E-state index contributed by atoms with van der Waals surface area (Å²) >= 11 is 1.50. The van der Waals surface area contributed by atoms with Gasteiger partial charge in [0.1, 0.15) is 0 Å². The second-order valence-corrected chi connectivity index (χ2v) is 5.04. The molecule has 0 atom stereocenters. The highest BCUT2D eigenvalue weighted by molar-refractivity contribution is 7.17. The van der Waals surface area contributed by atoms with Crippen LogP contribution in [0.15, 0.2) is 29.6 Å². The Morgan fingerprint density at radius 1 is 1.10 bits per heavy atom. The molecule has 0 aliphatic carbocycles. The van der Waals surface area contributed by atoms with Crippen LogP contribution in [0.2, 0.25) is 0 Å². The van der Waals surface area contributed by atoms with Gasteiger partial charge in [0, 0.05) is 4.70 Å². The zero-order chi connectivity index (χ0) is 14.5. The number of benzene rings is 1. The number of carbonyl (C=O) groups excluding carboxylic acids is 2. The predicted octanol–water partition coefficient (Wildman–Crippen LogP) is 3.11. The third-order valence-corrected chi connectivity index (χ3v) is 3.84. The van der Waals surface area contributed by atoms with Crippen LogP contribution in [0.25, 0.3) is 10.1 Å². The first-order valence-electron chi connectivity index (χ1n) is 6.48. The van der Waals surface area contributed by atoms with Crippen molar-refractivity contribution in [3.8, 4) is 0 Å². The number of carbonyl (C=O) groups is 2. The largest absolute Gasteiger partial charge is 0.465 e. The van der Waals surface area contributed by atoms with Crippen molar-refractivity contribution in [2.75, 3.05) is 13.2 Å². The molecule has 0 saturated carbocycles. The molecular weight excluding hydrogens is 276 g/mol. The van der Waals surface area contributed by atoms with Gasteiger partial charge in [0.15, 0.2) is 5.92 Å². The lowest BCUT2D eigenvalue weighted by Gasteiger charge is -2.15. The fourth-order valence-corrected chi connectivity index (χ4v) is 2.99. The second-order valence-electron chi connectivity index (χ2n) is 4.12. The van der Waals surface area contributed by atoms with Crippen molar-refractivity contribution in [3.05, 3.63) is 35.2 Å². The lowest BCUT2D eigenvalue weighted by Crippen LogP contribution is -2.26. The van der Waals surface area contributed by atoms with Gasteiger partial charge < -0.3 is 9.47 Å². The average Bonchev–Trinajstić information content (AvgIpc) is 2.89. The van der Waals surface area contributed by atoms with E-state index in [9.17, 15) is 9.59 Å². The van der Waals surface area contributed by atoms with E-state index in [1.54, 1.807) is 19.9 Å². The van der Waals surface area contributed by atoms with Gasteiger partial charge in [0.05, 0.1) is 13.2 Å². The first-order valence-corrected chi connectivity index (χ1v) is 7.36. The first-order chi connectivity index (χ1) is 9.69. The van der Waals surface area contributed by atoms with Crippen LogP contribution in [0.4, 0.5) is 0 Å². The average molecular weight is 292 g/mol. The molecule has 5 heteroatoms. The van der Waals surface area contributed by atoms with Crippen LogP contribution in [0.1, 0.15) is 25.3 Å². The lowest BCUT2D eigenvalue weighted by molar-refractivity contribution is -0.156. The molecule has 0 unspecified atom stereocenters. The lowest BCUT2D eigenvalue weighted by atomic mass is 9.98. The monoisotopic (exact) mass is 292 g/mol. The number of rotatable bonds is 5. The highest BCUT2D eigenvalue weighted by Gasteiger charge is 2.32. The van der Waals surface area contributed by atoms with Crippen LogP contribution in [0.3, 0.4) is 0 Å². The van der Waals surface area contributed by atoms with Crippen molar-refractivity contribution < 1.29 is 19.1 Å². The smallest absolute Gasteiger partial charge is 0.324 e. The van der Waals surface area contributed by atoms with E-state index in [0.717, 1.165) is 10.1 Å². The van der Waals surface area contributed by atoms with Crippen molar-refractivity contribution in [3.63, 3.8) is 0 Å². The summed E-state index contributed by atoms with van der Waals surface area (Å²) in [5, 5.41) is 2.94. The van der Waals surface area contributed by atoms with Gasteiger partial charge in [0.25, 0.3) is 0 Å². The molecule has 1 aromatic heterocycles. The molecule has 0 fully saturated rings. The molecule has 2 rings (SSSR count). The molecule has 0 bridgehead atoms. The number of esters is 2. The fourth-order valence-electron chi connectivity index (χ4n) is 2.04. The molecule has 2 aromatic rings. The highest BCUT2D eigenvalue weighted by Crippen LogP contribution is 2.31. The number of thiophene rings is 1. The molecule has 0 N–H and O–H groups in total. The van der Waals surface area contributed by atoms with Crippen molar-refractivity contribution in [2.45, 2.75) is 19.8 Å². The van der Waals surface area contributed by atoms with Gasteiger partial charge >= 0.3 is 11.9 Å². The Morgan fingerprint density at radius 2 is 1.75 bits per heavy atom. The second kappa shape index (κ2) is 6.52. The summed E-state index contributed by atoms with van der Waals surface area (Å²) in [7, 11) is 0. The molecule has 0 amide bonds. The molecule has 0 aliphatic rings. The van der Waals surface area contributed by atoms with E-state index in [0.29, 0.717) is 5.56 Å². The third kappa shape index (κ3) is 2.82. The molecule has 0 radical (unpaired) electrons. The van der Waals surface area contributed by atoms with Crippen LogP contribution in [0.5, 0.6) is 0 Å². The zero-order valence-corrected chi connectivity index (χ0v) is 12.2. The van der Waals surface area contributed by atoms with Gasteiger partial charge in [-0.2, -0.15) is 0 Å². The van der Waals surface area contributed by atoms with Crippen molar-refractivity contribution in [2.24, 2.45) is 0 Å². The first kappa shape index (κ1) is 14.5. The van der Waals surface area contributed by atoms with Crippen molar-refractivity contribution >= 4 is 33.4 Å². The Bertz CT molecular complexity index is 599. The Morgan fingerprint density at radius 3 is 2.35 bits per heavy atom. The molecule has 1 aromatic carbocycles. The van der Waals surface area contributed by atoms with Gasteiger partial charge in [-0.05, 0) is 36.2 Å². The number of hydrogen-bond donors (Lipinski definition) is 0. The molecule has 4 nitrogen and oxygen atoms in total. The topological polar surface area (TPSA) is 52.6 Å². The SMILES string of the molecule is CCOC(=O)C(C(=O)OCC)c1cccc2ccsc12. The molecule has 0 spiro atoms. The minimum Gasteiger partial charge on any atom is -0.465 e. The summed E-state index contributed by atoms with van der Waals surface area (Å²) in [6, 6.07) is 7.51. The van der Waals surface area contributed by atoms with Crippen LogP contribution in [-0.2, 0) is 19.1 Å². The predicted molar refractivity (Wildman–Crippen MR) is 77.8 cm³/mol. The number of ether oxygens (including phenoxy) is 2. The standard InChI is InChI=1S/C15H16O4S/c1-3-18-14(16)12(15(17)19-4-2)11-7-5-6-10-8-9-20-13(10)11/h5-9,12H,3-4H2,1-2H3. The van der Waals surface area contributed by atoms with E-state index in [1.165, 1.54) is 11.3 Å². The van der Waals surface area contributed by atoms with E-state index in [1.807, 2.05) is 23.6 Å². The molecular formula is C15H16O4S. The maximum absolute atomic E-state index is 12.1. The van der Waals surface area contributed by atoms with Crippen LogP contribution >= 0.6 is 11.3 Å². The summed E-state index contributed by atoms with van der Waals surface area (Å²) in [6.07, 6.45) is 0. The minimum absolute atomic E-state index is 0.231. The number of fused-ring (bicyclic) bond motifs is 1. The fraction of sp³-hybridized carbons (Fsp3) is 0.333. The Hall–Kier alpha value is -1.88. The summed E-state index contributed by atoms with van der Waals surface area (Å²) in [5.41, 5.74) is 0.648. The van der Waals surface area contributed by atoms with Gasteiger partial charge in [-0.1, -0.05) is 18.2 Å². The molecule has 0 saturated heterocycles. The Kier molecular flexibility index (Phi) is 4.74. The van der Waals surface area contributed by atoms with Crippen LogP contribution < -0.4 is 0 Å². The number of hydrogen-bond acceptors (Lipinski definition) is 5. The Labute approximate surface area is 121 Å². The van der Waals surface area contributed by atoms with E-state index in [4.69, 9.17) is 9.47 Å². The summed E-state index contributed by atoms with van der Waals surface area (Å²) in [6.45, 7) is 3.89. The van der Waals surface area contributed by atoms with E-state index >= 15 is 0 Å². The minimum atomic E-state index is -1.02. The molecule has 1 heterocycles. The van der Waals surface area contributed by atoms with Gasteiger partial charge in [-0.25, -0.2) is 0 Å². The normalized spacial score (nSPS) is 10.8. The van der Waals surface area contributed by atoms with E-state index in [-0.39, 0.29) is 13.2 Å². The summed E-state index contributed by atoms with van der Waals surface area (Å²) < 4.78 is 10.9. The van der Waals surface area contributed by atoms with E-state index < -0.39 is 17.9 Å². The van der Waals surface area contributed by atoms with Crippen molar-refractivity contribution in [1.29, 1.82) is 0 Å². The third-order valence-electron chi connectivity index (χ3n) is 2.87.